The Kier molecular flexibility index (Phi) is 7.60. The molecule has 0 aliphatic rings. The van der Waals surface area contributed by atoms with E-state index in [4.69, 9.17) is 10.2 Å². The van der Waals surface area contributed by atoms with Gasteiger partial charge >= 0.3 is 11.9 Å². The molecule has 0 spiro atoms. The molecule has 2 atom stereocenters. The molecule has 0 aromatic rings. The van der Waals surface area contributed by atoms with E-state index < -0.39 is 17.9 Å². The Balaban J connectivity index is 3.98. The number of hydrogen-bond acceptors (Lipinski definition) is 2. The van der Waals surface area contributed by atoms with Crippen LogP contribution in [0.25, 0.3) is 0 Å². The maximum Gasteiger partial charge on any atom is 0.307 e. The Hall–Kier alpha value is -1.06. The first-order valence-corrected chi connectivity index (χ1v) is 5.92. The van der Waals surface area contributed by atoms with Crippen LogP contribution in [0.15, 0.2) is 0 Å². The van der Waals surface area contributed by atoms with Crippen LogP contribution in [0.5, 0.6) is 0 Å². The van der Waals surface area contributed by atoms with E-state index in [0.29, 0.717) is 6.42 Å². The molecule has 0 radical (unpaired) electrons. The highest BCUT2D eigenvalue weighted by Gasteiger charge is 2.22. The van der Waals surface area contributed by atoms with Crippen molar-refractivity contribution in [1.29, 1.82) is 0 Å². The van der Waals surface area contributed by atoms with Crippen LogP contribution in [0.4, 0.5) is 0 Å². The second-order valence-electron chi connectivity index (χ2n) is 4.47. The standard InChI is InChI=1S/C12H22O4/c1-3-4-5-6-9(2)7-10(12(15)16)8-11(13)14/h9-10H,3-8H2,1-2H3,(H,13,14)(H,15,16)/t9-,10-/m0/s1. The van der Waals surface area contributed by atoms with Gasteiger partial charge in [0.15, 0.2) is 0 Å². The first-order chi connectivity index (χ1) is 7.47. The number of unbranched alkanes of at least 4 members (excludes halogenated alkanes) is 2. The molecule has 0 aromatic carbocycles. The van der Waals surface area contributed by atoms with E-state index in [9.17, 15) is 9.59 Å². The van der Waals surface area contributed by atoms with Crippen LogP contribution in [-0.4, -0.2) is 22.2 Å². The molecule has 4 heteroatoms. The summed E-state index contributed by atoms with van der Waals surface area (Å²) in [7, 11) is 0. The van der Waals surface area contributed by atoms with Gasteiger partial charge < -0.3 is 10.2 Å². The molecule has 0 fully saturated rings. The summed E-state index contributed by atoms with van der Waals surface area (Å²) < 4.78 is 0. The number of hydrogen-bond donors (Lipinski definition) is 2. The lowest BCUT2D eigenvalue weighted by atomic mass is 9.90. The Bertz CT molecular complexity index is 225. The molecule has 16 heavy (non-hydrogen) atoms. The topological polar surface area (TPSA) is 74.6 Å². The van der Waals surface area contributed by atoms with Crippen LogP contribution < -0.4 is 0 Å². The molecule has 94 valence electrons. The molecule has 0 bridgehead atoms. The van der Waals surface area contributed by atoms with E-state index in [1.807, 2.05) is 6.92 Å². The van der Waals surface area contributed by atoms with Crippen molar-refractivity contribution in [3.05, 3.63) is 0 Å². The van der Waals surface area contributed by atoms with Crippen molar-refractivity contribution in [2.75, 3.05) is 0 Å². The fourth-order valence-electron chi connectivity index (χ4n) is 1.83. The average Bonchev–Trinajstić information content (AvgIpc) is 2.16. The zero-order chi connectivity index (χ0) is 12.6. The van der Waals surface area contributed by atoms with Crippen molar-refractivity contribution in [2.24, 2.45) is 11.8 Å². The van der Waals surface area contributed by atoms with Gasteiger partial charge in [-0.05, 0) is 12.3 Å². The van der Waals surface area contributed by atoms with E-state index in [2.05, 4.69) is 6.92 Å². The van der Waals surface area contributed by atoms with E-state index in [1.165, 1.54) is 0 Å². The Morgan fingerprint density at radius 3 is 2.25 bits per heavy atom. The van der Waals surface area contributed by atoms with E-state index >= 15 is 0 Å². The van der Waals surface area contributed by atoms with Crippen molar-refractivity contribution >= 4 is 11.9 Å². The summed E-state index contributed by atoms with van der Waals surface area (Å²) in [4.78, 5) is 21.3. The van der Waals surface area contributed by atoms with Gasteiger partial charge in [-0.1, -0.05) is 39.5 Å². The first kappa shape index (κ1) is 14.9. The molecule has 0 rings (SSSR count). The summed E-state index contributed by atoms with van der Waals surface area (Å²) in [6, 6.07) is 0. The minimum absolute atomic E-state index is 0.270. The first-order valence-electron chi connectivity index (χ1n) is 5.92. The fraction of sp³-hybridized carbons (Fsp3) is 0.833. The van der Waals surface area contributed by atoms with E-state index in [1.54, 1.807) is 0 Å². The third kappa shape index (κ3) is 7.26. The Morgan fingerprint density at radius 1 is 1.19 bits per heavy atom. The molecule has 0 aromatic heterocycles. The van der Waals surface area contributed by atoms with E-state index in [0.717, 1.165) is 25.7 Å². The second kappa shape index (κ2) is 8.13. The monoisotopic (exact) mass is 230 g/mol. The van der Waals surface area contributed by atoms with Gasteiger partial charge in [0.2, 0.25) is 0 Å². The molecular weight excluding hydrogens is 208 g/mol. The number of aliphatic carboxylic acids is 2. The van der Waals surface area contributed by atoms with Gasteiger partial charge in [0.25, 0.3) is 0 Å². The van der Waals surface area contributed by atoms with Crippen LogP contribution in [-0.2, 0) is 9.59 Å². The van der Waals surface area contributed by atoms with Crippen molar-refractivity contribution in [2.45, 2.75) is 52.4 Å². The zero-order valence-electron chi connectivity index (χ0n) is 10.1. The number of carboxylic acid groups (broad SMARTS) is 2. The SMILES string of the molecule is CCCCC[C@H](C)C[C@@H](CC(=O)O)C(=O)O. The quantitative estimate of drug-likeness (QED) is 0.597. The normalized spacial score (nSPS) is 14.4. The minimum atomic E-state index is -1.03. The van der Waals surface area contributed by atoms with Crippen LogP contribution in [0, 0.1) is 11.8 Å². The summed E-state index contributed by atoms with van der Waals surface area (Å²) in [5, 5.41) is 17.5. The molecule has 0 aliphatic carbocycles. The van der Waals surface area contributed by atoms with Gasteiger partial charge in [0, 0.05) is 0 Å². The summed E-state index contributed by atoms with van der Waals surface area (Å²) in [5.41, 5.74) is 0. The third-order valence-electron chi connectivity index (χ3n) is 2.76. The number of carbonyl (C=O) groups is 2. The van der Waals surface area contributed by atoms with Gasteiger partial charge in [-0.2, -0.15) is 0 Å². The number of rotatable bonds is 9. The molecular formula is C12H22O4. The molecule has 0 saturated carbocycles. The van der Waals surface area contributed by atoms with Crippen LogP contribution in [0.1, 0.15) is 52.4 Å². The second-order valence-corrected chi connectivity index (χ2v) is 4.47. The Morgan fingerprint density at radius 2 is 1.81 bits per heavy atom. The summed E-state index contributed by atoms with van der Waals surface area (Å²) in [5.74, 6) is -2.49. The lowest BCUT2D eigenvalue weighted by Crippen LogP contribution is -2.20. The van der Waals surface area contributed by atoms with E-state index in [-0.39, 0.29) is 12.3 Å². The predicted molar refractivity (Wildman–Crippen MR) is 61.3 cm³/mol. The summed E-state index contributed by atoms with van der Waals surface area (Å²) >= 11 is 0. The van der Waals surface area contributed by atoms with Gasteiger partial charge in [0.1, 0.15) is 0 Å². The fourth-order valence-corrected chi connectivity index (χ4v) is 1.83. The molecule has 0 heterocycles. The molecule has 0 aliphatic heterocycles. The van der Waals surface area contributed by atoms with Crippen LogP contribution in [0.3, 0.4) is 0 Å². The molecule has 4 nitrogen and oxygen atoms in total. The zero-order valence-corrected chi connectivity index (χ0v) is 10.1. The van der Waals surface area contributed by atoms with Crippen molar-refractivity contribution < 1.29 is 19.8 Å². The van der Waals surface area contributed by atoms with Gasteiger partial charge in [0.05, 0.1) is 12.3 Å². The minimum Gasteiger partial charge on any atom is -0.481 e. The third-order valence-corrected chi connectivity index (χ3v) is 2.76. The Labute approximate surface area is 96.7 Å². The highest BCUT2D eigenvalue weighted by molar-refractivity contribution is 5.77. The van der Waals surface area contributed by atoms with Gasteiger partial charge in [-0.15, -0.1) is 0 Å². The summed E-state index contributed by atoms with van der Waals surface area (Å²) in [6.45, 7) is 4.11. The predicted octanol–water partition coefficient (Wildman–Crippen LogP) is 2.77. The maximum absolute atomic E-state index is 10.8. The largest absolute Gasteiger partial charge is 0.481 e. The van der Waals surface area contributed by atoms with Crippen molar-refractivity contribution in [3.63, 3.8) is 0 Å². The number of carboxylic acids is 2. The van der Waals surface area contributed by atoms with Gasteiger partial charge in [-0.3, -0.25) is 9.59 Å². The van der Waals surface area contributed by atoms with Crippen LogP contribution in [0.2, 0.25) is 0 Å². The van der Waals surface area contributed by atoms with Crippen LogP contribution >= 0.6 is 0 Å². The molecule has 0 unspecified atom stereocenters. The van der Waals surface area contributed by atoms with Gasteiger partial charge in [-0.25, -0.2) is 0 Å². The lowest BCUT2D eigenvalue weighted by molar-refractivity contribution is -0.148. The smallest absolute Gasteiger partial charge is 0.307 e. The summed E-state index contributed by atoms with van der Waals surface area (Å²) in [6.07, 6.45) is 4.57. The van der Waals surface area contributed by atoms with Crippen molar-refractivity contribution in [1.82, 2.24) is 0 Å². The molecule has 0 amide bonds. The highest BCUT2D eigenvalue weighted by Crippen LogP contribution is 2.21. The van der Waals surface area contributed by atoms with Crippen molar-refractivity contribution in [3.8, 4) is 0 Å². The lowest BCUT2D eigenvalue weighted by Gasteiger charge is -2.15. The molecule has 2 N–H and O–H groups in total. The average molecular weight is 230 g/mol. The molecule has 0 saturated heterocycles. The maximum atomic E-state index is 10.8. The highest BCUT2D eigenvalue weighted by atomic mass is 16.4.